The number of carbonyl (C=O) groups is 2. The molecule has 0 aromatic heterocycles. The Labute approximate surface area is 138 Å². The average molecular weight is 335 g/mol. The van der Waals surface area contributed by atoms with Crippen molar-refractivity contribution in [1.29, 1.82) is 0 Å². The van der Waals surface area contributed by atoms with Crippen LogP contribution in [-0.4, -0.2) is 24.9 Å². The molecule has 120 valence electrons. The van der Waals surface area contributed by atoms with Gasteiger partial charge in [-0.2, -0.15) is 0 Å². The fraction of sp³-hybridized carbons (Fsp3) is 0.176. The number of nitrogens with one attached hydrogen (secondary N) is 2. The van der Waals surface area contributed by atoms with Crippen LogP contribution in [0.1, 0.15) is 26.3 Å². The zero-order chi connectivity index (χ0) is 16.8. The molecule has 0 aliphatic rings. The number of hydrogen-bond acceptors (Lipinski definition) is 2. The molecule has 4 nitrogen and oxygen atoms in total. The summed E-state index contributed by atoms with van der Waals surface area (Å²) in [6, 6.07) is 11.2. The van der Waals surface area contributed by atoms with Gasteiger partial charge < -0.3 is 10.6 Å². The van der Waals surface area contributed by atoms with E-state index >= 15 is 0 Å². The minimum Gasteiger partial charge on any atom is -0.350 e. The maximum absolute atomic E-state index is 13.6. The van der Waals surface area contributed by atoms with Crippen molar-refractivity contribution in [3.8, 4) is 0 Å². The summed E-state index contributed by atoms with van der Waals surface area (Å²) in [6.07, 6.45) is 0. The first-order chi connectivity index (χ1) is 11.0. The second-order valence-electron chi connectivity index (χ2n) is 4.92. The van der Waals surface area contributed by atoms with Gasteiger partial charge in [0.2, 0.25) is 0 Å². The van der Waals surface area contributed by atoms with E-state index in [0.29, 0.717) is 5.56 Å². The molecule has 0 saturated carbocycles. The normalized spacial score (nSPS) is 10.2. The number of carbonyl (C=O) groups excluding carboxylic acids is 2. The molecule has 0 aliphatic heterocycles. The van der Waals surface area contributed by atoms with Crippen molar-refractivity contribution < 1.29 is 14.0 Å². The Kier molecular flexibility index (Phi) is 5.71. The predicted molar refractivity (Wildman–Crippen MR) is 87.3 cm³/mol. The topological polar surface area (TPSA) is 58.2 Å². The van der Waals surface area contributed by atoms with Gasteiger partial charge in [-0.25, -0.2) is 4.39 Å². The largest absolute Gasteiger partial charge is 0.350 e. The SMILES string of the molecule is Cc1ccccc1C(=O)NCCNC(=O)c1c(F)cccc1Cl. The van der Waals surface area contributed by atoms with Crippen LogP contribution < -0.4 is 10.6 Å². The number of aryl methyl sites for hydroxylation is 1. The lowest BCUT2D eigenvalue weighted by atomic mass is 10.1. The quantitative estimate of drug-likeness (QED) is 0.826. The summed E-state index contributed by atoms with van der Waals surface area (Å²) in [5.41, 5.74) is 1.25. The summed E-state index contributed by atoms with van der Waals surface area (Å²) in [7, 11) is 0. The van der Waals surface area contributed by atoms with Gasteiger partial charge in [0.05, 0.1) is 10.6 Å². The van der Waals surface area contributed by atoms with Gasteiger partial charge in [-0.05, 0) is 30.7 Å². The predicted octanol–water partition coefficient (Wildman–Crippen LogP) is 2.95. The molecule has 0 unspecified atom stereocenters. The van der Waals surface area contributed by atoms with Crippen LogP contribution in [0.5, 0.6) is 0 Å². The van der Waals surface area contributed by atoms with E-state index in [-0.39, 0.29) is 29.6 Å². The average Bonchev–Trinajstić information content (AvgIpc) is 2.51. The van der Waals surface area contributed by atoms with Crippen LogP contribution in [0.2, 0.25) is 5.02 Å². The molecule has 0 atom stereocenters. The second-order valence-corrected chi connectivity index (χ2v) is 5.33. The first kappa shape index (κ1) is 17.0. The molecule has 6 heteroatoms. The number of benzene rings is 2. The molecule has 0 radical (unpaired) electrons. The Morgan fingerprint density at radius 3 is 2.30 bits per heavy atom. The molecule has 0 spiro atoms. The zero-order valence-corrected chi connectivity index (χ0v) is 13.3. The maximum Gasteiger partial charge on any atom is 0.255 e. The van der Waals surface area contributed by atoms with E-state index in [9.17, 15) is 14.0 Å². The fourth-order valence-electron chi connectivity index (χ4n) is 2.08. The summed E-state index contributed by atoms with van der Waals surface area (Å²) >= 11 is 5.81. The van der Waals surface area contributed by atoms with Crippen molar-refractivity contribution >= 4 is 23.4 Å². The zero-order valence-electron chi connectivity index (χ0n) is 12.5. The van der Waals surface area contributed by atoms with Crippen LogP contribution in [0.4, 0.5) is 4.39 Å². The van der Waals surface area contributed by atoms with Crippen molar-refractivity contribution in [2.75, 3.05) is 13.1 Å². The highest BCUT2D eigenvalue weighted by atomic mass is 35.5. The van der Waals surface area contributed by atoms with Crippen LogP contribution in [-0.2, 0) is 0 Å². The van der Waals surface area contributed by atoms with Crippen molar-refractivity contribution in [2.24, 2.45) is 0 Å². The minimum atomic E-state index is -0.682. The van der Waals surface area contributed by atoms with E-state index in [1.54, 1.807) is 12.1 Å². The molecular weight excluding hydrogens is 319 g/mol. The van der Waals surface area contributed by atoms with E-state index in [1.807, 2.05) is 19.1 Å². The molecule has 0 aliphatic carbocycles. The molecule has 0 fully saturated rings. The van der Waals surface area contributed by atoms with Gasteiger partial charge in [-0.15, -0.1) is 0 Å². The molecule has 2 amide bonds. The summed E-state index contributed by atoms with van der Waals surface area (Å²) in [6.45, 7) is 2.24. The van der Waals surface area contributed by atoms with Gasteiger partial charge in [0, 0.05) is 18.7 Å². The monoisotopic (exact) mass is 334 g/mol. The van der Waals surface area contributed by atoms with E-state index < -0.39 is 11.7 Å². The van der Waals surface area contributed by atoms with Gasteiger partial charge in [-0.3, -0.25) is 9.59 Å². The summed E-state index contributed by atoms with van der Waals surface area (Å²) in [4.78, 5) is 23.9. The molecule has 2 N–H and O–H groups in total. The molecule has 2 aromatic carbocycles. The molecule has 2 aromatic rings. The second kappa shape index (κ2) is 7.74. The molecule has 0 bridgehead atoms. The first-order valence-electron chi connectivity index (χ1n) is 7.06. The van der Waals surface area contributed by atoms with Gasteiger partial charge in [-0.1, -0.05) is 35.9 Å². The number of hydrogen-bond donors (Lipinski definition) is 2. The molecule has 0 heterocycles. The minimum absolute atomic E-state index is 0.0476. The third-order valence-corrected chi connectivity index (χ3v) is 3.59. The lowest BCUT2D eigenvalue weighted by molar-refractivity contribution is 0.0925. The van der Waals surface area contributed by atoms with Crippen LogP contribution >= 0.6 is 11.6 Å². The Morgan fingerprint density at radius 1 is 1.00 bits per heavy atom. The smallest absolute Gasteiger partial charge is 0.255 e. The van der Waals surface area contributed by atoms with Crippen molar-refractivity contribution in [2.45, 2.75) is 6.92 Å². The highest BCUT2D eigenvalue weighted by Crippen LogP contribution is 2.18. The lowest BCUT2D eigenvalue weighted by Crippen LogP contribution is -2.35. The number of rotatable bonds is 5. The summed E-state index contributed by atoms with van der Waals surface area (Å²) < 4.78 is 13.6. The molecular formula is C17H16ClFN2O2. The summed E-state index contributed by atoms with van der Waals surface area (Å²) in [5, 5.41) is 5.27. The van der Waals surface area contributed by atoms with E-state index in [4.69, 9.17) is 11.6 Å². The van der Waals surface area contributed by atoms with Crippen molar-refractivity contribution in [3.63, 3.8) is 0 Å². The van der Waals surface area contributed by atoms with Crippen LogP contribution in [0, 0.1) is 12.7 Å². The third kappa shape index (κ3) is 4.29. The van der Waals surface area contributed by atoms with Gasteiger partial charge >= 0.3 is 0 Å². The Bertz CT molecular complexity index is 714. The molecule has 2 rings (SSSR count). The van der Waals surface area contributed by atoms with Gasteiger partial charge in [0.25, 0.3) is 11.8 Å². The van der Waals surface area contributed by atoms with Gasteiger partial charge in [0.1, 0.15) is 5.82 Å². The van der Waals surface area contributed by atoms with E-state index in [1.165, 1.54) is 18.2 Å². The summed E-state index contributed by atoms with van der Waals surface area (Å²) in [5.74, 6) is -1.52. The number of halogens is 2. The highest BCUT2D eigenvalue weighted by Gasteiger charge is 2.15. The molecule has 0 saturated heterocycles. The Morgan fingerprint density at radius 2 is 1.65 bits per heavy atom. The first-order valence-corrected chi connectivity index (χ1v) is 7.44. The fourth-order valence-corrected chi connectivity index (χ4v) is 2.33. The van der Waals surface area contributed by atoms with Crippen LogP contribution in [0.25, 0.3) is 0 Å². The van der Waals surface area contributed by atoms with Crippen LogP contribution in [0.3, 0.4) is 0 Å². The van der Waals surface area contributed by atoms with Crippen LogP contribution in [0.15, 0.2) is 42.5 Å². The Hall–Kier alpha value is -2.40. The van der Waals surface area contributed by atoms with E-state index in [2.05, 4.69) is 10.6 Å². The van der Waals surface area contributed by atoms with Gasteiger partial charge in [0.15, 0.2) is 0 Å². The Balaban J connectivity index is 1.85. The van der Waals surface area contributed by atoms with Crippen molar-refractivity contribution in [1.82, 2.24) is 10.6 Å². The standard InChI is InChI=1S/C17H16ClFN2O2/c1-11-5-2-3-6-12(11)16(22)20-9-10-21-17(23)15-13(18)7-4-8-14(15)19/h2-8H,9-10H2,1H3,(H,20,22)(H,21,23). The maximum atomic E-state index is 13.6. The third-order valence-electron chi connectivity index (χ3n) is 3.28. The highest BCUT2D eigenvalue weighted by molar-refractivity contribution is 6.33. The molecule has 23 heavy (non-hydrogen) atoms. The van der Waals surface area contributed by atoms with E-state index in [0.717, 1.165) is 5.56 Å². The van der Waals surface area contributed by atoms with Crippen molar-refractivity contribution in [3.05, 3.63) is 70.0 Å². The number of amides is 2. The lowest BCUT2D eigenvalue weighted by Gasteiger charge is -2.09.